The Morgan fingerprint density at radius 3 is 2.81 bits per heavy atom. The second kappa shape index (κ2) is 7.16. The topological polar surface area (TPSA) is 93.3 Å². The van der Waals surface area contributed by atoms with Crippen LogP contribution in [0.1, 0.15) is 19.8 Å². The number of hydrogen-bond acceptors (Lipinski definition) is 5. The van der Waals surface area contributed by atoms with E-state index in [4.69, 9.17) is 0 Å². The molecule has 1 N–H and O–H groups in total. The number of carbonyl (C=O) groups excluding carboxylic acids is 1. The van der Waals surface area contributed by atoms with Gasteiger partial charge in [-0.05, 0) is 36.8 Å². The molecule has 21 heavy (non-hydrogen) atoms. The molecule has 1 aromatic heterocycles. The Morgan fingerprint density at radius 2 is 2.24 bits per heavy atom. The van der Waals surface area contributed by atoms with Gasteiger partial charge in [0.15, 0.2) is 0 Å². The number of amides is 1. The second-order valence-corrected chi connectivity index (χ2v) is 5.26. The molecule has 1 aromatic rings. The van der Waals surface area contributed by atoms with Gasteiger partial charge in [0.05, 0.1) is 17.4 Å². The van der Waals surface area contributed by atoms with Crippen molar-refractivity contribution in [1.29, 1.82) is 0 Å². The summed E-state index contributed by atoms with van der Waals surface area (Å²) in [4.78, 5) is 24.0. The fraction of sp³-hybridized carbons (Fsp3) is 0.692. The first-order valence-electron chi connectivity index (χ1n) is 7.26. The third-order valence-corrected chi connectivity index (χ3v) is 3.76. The average molecular weight is 295 g/mol. The predicted molar refractivity (Wildman–Crippen MR) is 76.7 cm³/mol. The van der Waals surface area contributed by atoms with Crippen molar-refractivity contribution in [2.24, 2.45) is 5.92 Å². The Bertz CT molecular complexity index is 494. The summed E-state index contributed by atoms with van der Waals surface area (Å²) in [6.07, 6.45) is 3.46. The first-order valence-corrected chi connectivity index (χ1v) is 7.26. The third kappa shape index (κ3) is 4.25. The molecule has 2 heterocycles. The zero-order valence-corrected chi connectivity index (χ0v) is 12.2. The minimum absolute atomic E-state index is 0.0325. The zero-order chi connectivity index (χ0) is 15.2. The van der Waals surface area contributed by atoms with E-state index in [0.29, 0.717) is 5.92 Å². The maximum Gasteiger partial charge on any atom is 0.389 e. The number of carbonyl (C=O) groups is 1. The molecule has 1 fully saturated rings. The summed E-state index contributed by atoms with van der Waals surface area (Å²) in [6.45, 7) is 5.62. The van der Waals surface area contributed by atoms with Crippen molar-refractivity contribution in [3.63, 3.8) is 0 Å². The van der Waals surface area contributed by atoms with Crippen molar-refractivity contribution in [2.45, 2.75) is 26.3 Å². The molecule has 1 aliphatic rings. The molecule has 0 radical (unpaired) electrons. The summed E-state index contributed by atoms with van der Waals surface area (Å²) in [7, 11) is 0. The predicted octanol–water partition coefficient (Wildman–Crippen LogP) is 0.639. The first kappa shape index (κ1) is 15.4. The Labute approximate surface area is 123 Å². The van der Waals surface area contributed by atoms with Crippen LogP contribution in [0.15, 0.2) is 12.3 Å². The van der Waals surface area contributed by atoms with Crippen molar-refractivity contribution in [3.8, 4) is 0 Å². The van der Waals surface area contributed by atoms with Crippen LogP contribution in [0.5, 0.6) is 0 Å². The van der Waals surface area contributed by atoms with Crippen LogP contribution >= 0.6 is 0 Å². The minimum Gasteiger partial charge on any atom is -0.358 e. The standard InChI is InChI=1S/C13H21N5O3/c1-2-14-9-11-3-6-16(7-4-11)13(19)10-17-8-5-12(15-17)18(20)21/h5,8,11,14H,2-4,6-7,9-10H2,1H3. The van der Waals surface area contributed by atoms with Crippen LogP contribution in [-0.4, -0.2) is 51.7 Å². The molecule has 8 nitrogen and oxygen atoms in total. The molecule has 1 amide bonds. The molecule has 0 saturated carbocycles. The van der Waals surface area contributed by atoms with Crippen LogP contribution in [0.3, 0.4) is 0 Å². The molecule has 0 atom stereocenters. The van der Waals surface area contributed by atoms with Crippen molar-refractivity contribution >= 4 is 11.7 Å². The van der Waals surface area contributed by atoms with Gasteiger partial charge in [0.25, 0.3) is 0 Å². The minimum atomic E-state index is -0.562. The molecule has 116 valence electrons. The fourth-order valence-corrected chi connectivity index (χ4v) is 2.51. The number of rotatable bonds is 6. The van der Waals surface area contributed by atoms with Crippen molar-refractivity contribution in [1.82, 2.24) is 20.0 Å². The van der Waals surface area contributed by atoms with E-state index in [-0.39, 0.29) is 18.3 Å². The summed E-state index contributed by atoms with van der Waals surface area (Å²) in [5.41, 5.74) is 0. The number of nitro groups is 1. The molecule has 0 spiro atoms. The van der Waals surface area contributed by atoms with Gasteiger partial charge in [-0.3, -0.25) is 4.79 Å². The van der Waals surface area contributed by atoms with Gasteiger partial charge >= 0.3 is 5.82 Å². The molecule has 0 unspecified atom stereocenters. The van der Waals surface area contributed by atoms with Gasteiger partial charge in [0, 0.05) is 13.1 Å². The Balaban J connectivity index is 1.80. The molecule has 0 aliphatic carbocycles. The summed E-state index contributed by atoms with van der Waals surface area (Å²) in [5.74, 6) is 0.363. The molecule has 2 rings (SSSR count). The maximum absolute atomic E-state index is 12.1. The van der Waals surface area contributed by atoms with Gasteiger partial charge in [-0.25, -0.2) is 0 Å². The fourth-order valence-electron chi connectivity index (χ4n) is 2.51. The molecule has 0 aromatic carbocycles. The number of piperidine rings is 1. The largest absolute Gasteiger partial charge is 0.389 e. The average Bonchev–Trinajstić information content (AvgIpc) is 2.94. The van der Waals surface area contributed by atoms with E-state index >= 15 is 0 Å². The molecule has 8 heteroatoms. The monoisotopic (exact) mass is 295 g/mol. The van der Waals surface area contributed by atoms with Crippen molar-refractivity contribution in [3.05, 3.63) is 22.4 Å². The Kier molecular flexibility index (Phi) is 5.26. The third-order valence-electron chi connectivity index (χ3n) is 3.76. The van der Waals surface area contributed by atoms with Crippen LogP contribution in [0, 0.1) is 16.0 Å². The highest BCUT2D eigenvalue weighted by atomic mass is 16.6. The Hall–Kier alpha value is -1.96. The lowest BCUT2D eigenvalue weighted by Crippen LogP contribution is -2.42. The lowest BCUT2D eigenvalue weighted by Gasteiger charge is -2.31. The van der Waals surface area contributed by atoms with Gasteiger partial charge in [-0.1, -0.05) is 6.92 Å². The molecular weight excluding hydrogens is 274 g/mol. The number of nitrogens with one attached hydrogen (secondary N) is 1. The maximum atomic E-state index is 12.1. The number of nitrogens with zero attached hydrogens (tertiary/aromatic N) is 4. The van der Waals surface area contributed by atoms with E-state index in [1.54, 1.807) is 0 Å². The molecular formula is C13H21N5O3. The number of aromatic nitrogens is 2. The summed E-state index contributed by atoms with van der Waals surface area (Å²) in [5, 5.41) is 17.6. The highest BCUT2D eigenvalue weighted by Crippen LogP contribution is 2.17. The highest BCUT2D eigenvalue weighted by molar-refractivity contribution is 5.76. The number of hydrogen-bond donors (Lipinski definition) is 1. The van der Waals surface area contributed by atoms with Crippen LogP contribution in [-0.2, 0) is 11.3 Å². The van der Waals surface area contributed by atoms with Gasteiger partial charge in [-0.2, -0.15) is 4.68 Å². The van der Waals surface area contributed by atoms with Gasteiger partial charge in [0.1, 0.15) is 6.54 Å². The number of likely N-dealkylation sites (tertiary alicyclic amines) is 1. The van der Waals surface area contributed by atoms with E-state index < -0.39 is 4.92 Å². The van der Waals surface area contributed by atoms with Crippen LogP contribution in [0.25, 0.3) is 0 Å². The van der Waals surface area contributed by atoms with Gasteiger partial charge in [0.2, 0.25) is 5.91 Å². The van der Waals surface area contributed by atoms with E-state index in [0.717, 1.165) is 39.0 Å². The van der Waals surface area contributed by atoms with Gasteiger partial charge in [-0.15, -0.1) is 0 Å². The van der Waals surface area contributed by atoms with Crippen LogP contribution < -0.4 is 5.32 Å². The summed E-state index contributed by atoms with van der Waals surface area (Å²) < 4.78 is 1.32. The quantitative estimate of drug-likeness (QED) is 0.614. The smallest absolute Gasteiger partial charge is 0.358 e. The normalized spacial score (nSPS) is 16.1. The van der Waals surface area contributed by atoms with Crippen molar-refractivity contribution < 1.29 is 9.72 Å². The summed E-state index contributed by atoms with van der Waals surface area (Å²) in [6, 6.07) is 1.30. The van der Waals surface area contributed by atoms with Crippen molar-refractivity contribution in [2.75, 3.05) is 26.2 Å². The zero-order valence-electron chi connectivity index (χ0n) is 12.2. The van der Waals surface area contributed by atoms with Crippen LogP contribution in [0.2, 0.25) is 0 Å². The second-order valence-electron chi connectivity index (χ2n) is 5.26. The van der Waals surface area contributed by atoms with E-state index in [9.17, 15) is 14.9 Å². The van der Waals surface area contributed by atoms with E-state index in [1.165, 1.54) is 16.9 Å². The summed E-state index contributed by atoms with van der Waals surface area (Å²) >= 11 is 0. The van der Waals surface area contributed by atoms with Gasteiger partial charge < -0.3 is 20.3 Å². The van der Waals surface area contributed by atoms with Crippen LogP contribution in [0.4, 0.5) is 5.82 Å². The molecule has 1 saturated heterocycles. The lowest BCUT2D eigenvalue weighted by atomic mass is 9.97. The SMILES string of the molecule is CCNCC1CCN(C(=O)Cn2ccc([N+](=O)[O-])n2)CC1. The molecule has 0 bridgehead atoms. The van der Waals surface area contributed by atoms with E-state index in [1.807, 2.05) is 4.90 Å². The lowest BCUT2D eigenvalue weighted by molar-refractivity contribution is -0.389. The molecule has 1 aliphatic heterocycles. The highest BCUT2D eigenvalue weighted by Gasteiger charge is 2.23. The van der Waals surface area contributed by atoms with E-state index in [2.05, 4.69) is 17.3 Å². The Morgan fingerprint density at radius 1 is 1.52 bits per heavy atom. The first-order chi connectivity index (χ1) is 10.1.